The third kappa shape index (κ3) is 4.66. The second-order valence-electron chi connectivity index (χ2n) is 10.3. The van der Waals surface area contributed by atoms with Crippen molar-refractivity contribution in [3.05, 3.63) is 107 Å². The van der Waals surface area contributed by atoms with Crippen LogP contribution in [0, 0.1) is 6.92 Å². The van der Waals surface area contributed by atoms with Gasteiger partial charge in [-0.15, -0.1) is 0 Å². The fraction of sp³-hybridized carbons (Fsp3) is 0.161. The summed E-state index contributed by atoms with van der Waals surface area (Å²) >= 11 is 0. The van der Waals surface area contributed by atoms with Crippen molar-refractivity contribution in [2.24, 2.45) is 0 Å². The van der Waals surface area contributed by atoms with E-state index in [4.69, 9.17) is 15.7 Å². The first-order valence-electron chi connectivity index (χ1n) is 13.7. The molecule has 12 heteroatoms. The highest BCUT2D eigenvalue weighted by molar-refractivity contribution is 5.95. The number of imidazole rings is 1. The first-order valence-corrected chi connectivity index (χ1v) is 13.7. The molecule has 0 bridgehead atoms. The third-order valence-corrected chi connectivity index (χ3v) is 7.68. The molecule has 214 valence electrons. The van der Waals surface area contributed by atoms with Crippen molar-refractivity contribution in [3.63, 3.8) is 0 Å². The number of pyridine rings is 3. The second kappa shape index (κ2) is 10.4. The van der Waals surface area contributed by atoms with Crippen LogP contribution in [0.3, 0.4) is 0 Å². The van der Waals surface area contributed by atoms with E-state index in [1.54, 1.807) is 24.0 Å². The molecule has 0 unspecified atom stereocenters. The number of nitrogens with zero attached hydrogens (tertiary/aromatic N) is 7. The Labute approximate surface area is 244 Å². The Morgan fingerprint density at radius 3 is 2.72 bits per heavy atom. The van der Waals surface area contributed by atoms with Crippen LogP contribution in [0.2, 0.25) is 0 Å². The molecule has 1 aromatic carbocycles. The van der Waals surface area contributed by atoms with Crippen LogP contribution < -0.4 is 11.1 Å². The smallest absolute Gasteiger partial charge is 0.280 e. The Balaban J connectivity index is 1.27. The minimum atomic E-state index is -2.69. The average Bonchev–Trinajstić information content (AvgIpc) is 3.76. The molecule has 0 spiro atoms. The highest BCUT2D eigenvalue weighted by atomic mass is 19.3. The van der Waals surface area contributed by atoms with Crippen molar-refractivity contribution in [2.75, 3.05) is 5.73 Å². The van der Waals surface area contributed by atoms with Gasteiger partial charge in [-0.25, -0.2) is 28.4 Å². The van der Waals surface area contributed by atoms with E-state index in [9.17, 15) is 13.6 Å². The van der Waals surface area contributed by atoms with Crippen LogP contribution in [0.15, 0.2) is 79.4 Å². The van der Waals surface area contributed by atoms with Gasteiger partial charge < -0.3 is 11.1 Å². The zero-order valence-electron chi connectivity index (χ0n) is 22.9. The van der Waals surface area contributed by atoms with Gasteiger partial charge in [0.15, 0.2) is 17.3 Å². The third-order valence-electron chi connectivity index (χ3n) is 7.68. The minimum Gasteiger partial charge on any atom is -0.383 e. The van der Waals surface area contributed by atoms with E-state index in [0.29, 0.717) is 46.2 Å². The molecule has 43 heavy (non-hydrogen) atoms. The number of alkyl halides is 2. The van der Waals surface area contributed by atoms with Gasteiger partial charge in [0.1, 0.15) is 17.0 Å². The van der Waals surface area contributed by atoms with Crippen LogP contribution in [0.4, 0.5) is 14.6 Å². The van der Waals surface area contributed by atoms with E-state index in [1.165, 1.54) is 12.3 Å². The highest BCUT2D eigenvalue weighted by Crippen LogP contribution is 2.36. The van der Waals surface area contributed by atoms with Crippen molar-refractivity contribution in [1.29, 1.82) is 0 Å². The average molecular weight is 578 g/mol. The maximum absolute atomic E-state index is 13.1. The number of amides is 1. The molecule has 0 fully saturated rings. The number of carbonyl (C=O) groups excluding carboxylic acids is 1. The lowest BCUT2D eigenvalue weighted by molar-refractivity contribution is 0.0934. The topological polar surface area (TPSA) is 129 Å². The monoisotopic (exact) mass is 577 g/mol. The maximum Gasteiger partial charge on any atom is 0.280 e. The molecule has 0 saturated heterocycles. The summed E-state index contributed by atoms with van der Waals surface area (Å²) in [7, 11) is 0. The zero-order valence-corrected chi connectivity index (χ0v) is 22.9. The second-order valence-corrected chi connectivity index (χ2v) is 10.3. The summed E-state index contributed by atoms with van der Waals surface area (Å²) in [6, 6.07) is 16.3. The number of rotatable bonds is 6. The van der Waals surface area contributed by atoms with Crippen LogP contribution in [0.1, 0.15) is 51.6 Å². The highest BCUT2D eigenvalue weighted by Gasteiger charge is 2.27. The van der Waals surface area contributed by atoms with Crippen molar-refractivity contribution in [1.82, 2.24) is 39.6 Å². The Kier molecular flexibility index (Phi) is 6.38. The SMILES string of the molecule is Cc1cc(C(F)F)ncc1C(=O)N[C@H]1CCc2cc(-n3c(-c4cccnc4N)nc4ccc(-n5cccn5)nc43)ccc21. The molecule has 0 aliphatic heterocycles. The molecule has 3 N–H and O–H groups in total. The quantitative estimate of drug-likeness (QED) is 0.275. The molecule has 1 amide bonds. The number of hydrogen-bond donors (Lipinski definition) is 2. The molecule has 0 saturated carbocycles. The van der Waals surface area contributed by atoms with Crippen molar-refractivity contribution < 1.29 is 13.6 Å². The number of benzene rings is 1. The molecule has 1 atom stereocenters. The number of nitrogens with two attached hydrogens (primary N) is 1. The van der Waals surface area contributed by atoms with E-state index in [-0.39, 0.29) is 23.2 Å². The minimum absolute atomic E-state index is 0.233. The van der Waals surface area contributed by atoms with E-state index in [0.717, 1.165) is 23.2 Å². The van der Waals surface area contributed by atoms with Gasteiger partial charge >= 0.3 is 0 Å². The summed E-state index contributed by atoms with van der Waals surface area (Å²) in [5.74, 6) is 1.24. The summed E-state index contributed by atoms with van der Waals surface area (Å²) < 4.78 is 29.7. The standard InChI is InChI=1S/C31H25F2N9O/c1-17-14-25(27(32)33)36-16-22(17)31(43)39-23-8-5-18-15-19(6-7-20(18)23)42-29(21-4-2-11-35-28(21)34)38-24-9-10-26(40-30(24)42)41-13-3-12-37-41/h2-4,6-7,9-16,23,27H,5,8H2,1H3,(H2,34,35)(H,39,43)/t23-/m0/s1. The number of hydrogen-bond acceptors (Lipinski definition) is 7. The van der Waals surface area contributed by atoms with Gasteiger partial charge in [-0.1, -0.05) is 6.07 Å². The maximum atomic E-state index is 13.1. The first-order chi connectivity index (χ1) is 20.9. The van der Waals surface area contributed by atoms with Crippen molar-refractivity contribution in [2.45, 2.75) is 32.2 Å². The van der Waals surface area contributed by atoms with Gasteiger partial charge in [-0.2, -0.15) is 5.10 Å². The van der Waals surface area contributed by atoms with E-state index >= 15 is 0 Å². The Bertz CT molecular complexity index is 2000. The number of aryl methyl sites for hydroxylation is 2. The van der Waals surface area contributed by atoms with Gasteiger partial charge in [0, 0.05) is 30.5 Å². The van der Waals surface area contributed by atoms with Gasteiger partial charge in [-0.3, -0.25) is 14.3 Å². The van der Waals surface area contributed by atoms with E-state index in [2.05, 4.69) is 26.4 Å². The zero-order chi connectivity index (χ0) is 29.7. The summed E-state index contributed by atoms with van der Waals surface area (Å²) in [6.45, 7) is 1.63. The Morgan fingerprint density at radius 2 is 1.95 bits per heavy atom. The summed E-state index contributed by atoms with van der Waals surface area (Å²) in [4.78, 5) is 30.9. The first kappa shape index (κ1) is 26.4. The number of halogens is 2. The van der Waals surface area contributed by atoms with Crippen molar-refractivity contribution >= 4 is 22.9 Å². The lowest BCUT2D eigenvalue weighted by Crippen LogP contribution is -2.28. The van der Waals surface area contributed by atoms with E-state index < -0.39 is 6.43 Å². The molecule has 1 aliphatic rings. The number of fused-ring (bicyclic) bond motifs is 2. The van der Waals surface area contributed by atoms with Crippen LogP contribution in [-0.4, -0.2) is 40.2 Å². The molecule has 7 rings (SSSR count). The van der Waals surface area contributed by atoms with Crippen LogP contribution in [0.25, 0.3) is 34.1 Å². The summed E-state index contributed by atoms with van der Waals surface area (Å²) in [6.07, 6.45) is 5.10. The lowest BCUT2D eigenvalue weighted by atomic mass is 10.1. The molecule has 1 aliphatic carbocycles. The molecule has 5 heterocycles. The predicted molar refractivity (Wildman–Crippen MR) is 156 cm³/mol. The Morgan fingerprint density at radius 1 is 1.07 bits per heavy atom. The fourth-order valence-electron chi connectivity index (χ4n) is 5.57. The lowest BCUT2D eigenvalue weighted by Gasteiger charge is -2.16. The number of nitrogens with one attached hydrogen (secondary N) is 1. The predicted octanol–water partition coefficient (Wildman–Crippen LogP) is 5.31. The van der Waals surface area contributed by atoms with E-state index in [1.807, 2.05) is 53.2 Å². The Hall–Kier alpha value is -5.52. The number of aromatic nitrogens is 7. The molecular formula is C31H25F2N9O. The van der Waals surface area contributed by atoms with Gasteiger partial charge in [0.2, 0.25) is 0 Å². The van der Waals surface area contributed by atoms with Crippen LogP contribution in [0.5, 0.6) is 0 Å². The van der Waals surface area contributed by atoms with Gasteiger partial charge in [0.05, 0.1) is 17.2 Å². The summed E-state index contributed by atoms with van der Waals surface area (Å²) in [5, 5.41) is 7.38. The number of nitrogen functional groups attached to an aromatic ring is 1. The van der Waals surface area contributed by atoms with Crippen LogP contribution in [-0.2, 0) is 6.42 Å². The van der Waals surface area contributed by atoms with Gasteiger partial charge in [-0.05, 0) is 85.0 Å². The fourth-order valence-corrected chi connectivity index (χ4v) is 5.57. The van der Waals surface area contributed by atoms with Crippen LogP contribution >= 0.6 is 0 Å². The number of carbonyl (C=O) groups is 1. The summed E-state index contributed by atoms with van der Waals surface area (Å²) in [5.41, 5.74) is 11.5. The molecule has 6 aromatic rings. The molecule has 10 nitrogen and oxygen atoms in total. The molecular weight excluding hydrogens is 552 g/mol. The van der Waals surface area contributed by atoms with Gasteiger partial charge in [0.25, 0.3) is 12.3 Å². The largest absolute Gasteiger partial charge is 0.383 e. The normalized spacial score (nSPS) is 14.4. The number of anilines is 1. The molecule has 5 aromatic heterocycles. The molecule has 0 radical (unpaired) electrons. The van der Waals surface area contributed by atoms with Crippen molar-refractivity contribution in [3.8, 4) is 22.9 Å².